The number of aromatic nitrogens is 3. The second kappa shape index (κ2) is 9.42. The average Bonchev–Trinajstić information content (AvgIpc) is 3.23. The van der Waals surface area contributed by atoms with Crippen molar-refractivity contribution >= 4 is 11.7 Å². The lowest BCUT2D eigenvalue weighted by atomic mass is 9.89. The molecule has 1 fully saturated rings. The number of hydrogen-bond donors (Lipinski definition) is 1. The van der Waals surface area contributed by atoms with Crippen LogP contribution in [0, 0.1) is 12.8 Å². The summed E-state index contributed by atoms with van der Waals surface area (Å²) >= 11 is 0. The molecule has 7 nitrogen and oxygen atoms in total. The first-order valence-electron chi connectivity index (χ1n) is 11.1. The molecule has 3 heterocycles. The number of methoxy groups -OCH3 is 1. The van der Waals surface area contributed by atoms with Crippen LogP contribution in [0.15, 0.2) is 48.9 Å². The Hall–Kier alpha value is -3.35. The van der Waals surface area contributed by atoms with Crippen LogP contribution in [0.3, 0.4) is 0 Å². The largest absolute Gasteiger partial charge is 0.493 e. The number of hydrogen-bond acceptors (Lipinski definition) is 5. The second-order valence-electron chi connectivity index (χ2n) is 8.57. The van der Waals surface area contributed by atoms with Crippen LogP contribution in [-0.4, -0.2) is 51.8 Å². The average molecular weight is 434 g/mol. The van der Waals surface area contributed by atoms with Crippen molar-refractivity contribution in [2.75, 3.05) is 25.5 Å². The molecular formula is C25H31N5O2. The van der Waals surface area contributed by atoms with Crippen LogP contribution in [-0.2, 0) is 7.05 Å². The van der Waals surface area contributed by atoms with Crippen LogP contribution in [0.1, 0.15) is 35.7 Å². The molecule has 1 aliphatic heterocycles. The fourth-order valence-electron chi connectivity index (χ4n) is 4.50. The van der Waals surface area contributed by atoms with Crippen molar-refractivity contribution in [3.8, 4) is 16.9 Å². The van der Waals surface area contributed by atoms with Gasteiger partial charge in [-0.1, -0.05) is 24.6 Å². The van der Waals surface area contributed by atoms with E-state index in [9.17, 15) is 4.79 Å². The van der Waals surface area contributed by atoms with E-state index >= 15 is 0 Å². The highest BCUT2D eigenvalue weighted by Gasteiger charge is 2.33. The third-order valence-electron chi connectivity index (χ3n) is 6.27. The molecule has 7 heteroatoms. The molecule has 0 saturated carbocycles. The Morgan fingerprint density at radius 3 is 2.91 bits per heavy atom. The third-order valence-corrected chi connectivity index (χ3v) is 6.27. The molecule has 0 unspecified atom stereocenters. The highest BCUT2D eigenvalue weighted by atomic mass is 16.5. The molecule has 0 bridgehead atoms. The van der Waals surface area contributed by atoms with Gasteiger partial charge >= 0.3 is 0 Å². The minimum atomic E-state index is 0.0604. The van der Waals surface area contributed by atoms with Crippen molar-refractivity contribution < 1.29 is 9.53 Å². The number of piperidine rings is 1. The molecule has 168 valence electrons. The number of amides is 1. The molecule has 2 aromatic heterocycles. The fraction of sp³-hybridized carbons (Fsp3) is 0.400. The lowest BCUT2D eigenvalue weighted by Crippen LogP contribution is -2.51. The Morgan fingerprint density at radius 2 is 2.16 bits per heavy atom. The molecule has 32 heavy (non-hydrogen) atoms. The first-order valence-corrected chi connectivity index (χ1v) is 11.1. The second-order valence-corrected chi connectivity index (χ2v) is 8.57. The molecule has 3 aromatic rings. The molecule has 0 radical (unpaired) electrons. The summed E-state index contributed by atoms with van der Waals surface area (Å²) < 4.78 is 7.19. The predicted octanol–water partition coefficient (Wildman–Crippen LogP) is 4.15. The van der Waals surface area contributed by atoms with E-state index in [4.69, 9.17) is 4.74 Å². The minimum Gasteiger partial charge on any atom is -0.493 e. The first kappa shape index (κ1) is 21.9. The fourth-order valence-corrected chi connectivity index (χ4v) is 4.50. The topological polar surface area (TPSA) is 72.3 Å². The SMILES string of the molecule is COc1cccnc1NC[C@@H]1[C@H](C)CCCN1C(=O)c1cc(C)ccc1-c1cnn(C)c1. The summed E-state index contributed by atoms with van der Waals surface area (Å²) in [6.45, 7) is 5.61. The van der Waals surface area contributed by atoms with Crippen LogP contribution < -0.4 is 10.1 Å². The number of rotatable bonds is 6. The standard InChI is InChI=1S/C25H31N5O2/c1-17-9-10-20(19-14-28-29(3)16-19)21(13-17)25(31)30-12-6-7-18(2)22(30)15-27-24-23(32-4)8-5-11-26-24/h5,8-11,13-14,16,18,22H,6-7,12,15H2,1-4H3,(H,26,27)/t18-,22-/m1/s1. The predicted molar refractivity (Wildman–Crippen MR) is 126 cm³/mol. The molecule has 1 aliphatic rings. The summed E-state index contributed by atoms with van der Waals surface area (Å²) in [5.74, 6) is 1.85. The van der Waals surface area contributed by atoms with Crippen molar-refractivity contribution in [1.29, 1.82) is 0 Å². The normalized spacial score (nSPS) is 18.4. The molecule has 4 rings (SSSR count). The van der Waals surface area contributed by atoms with Gasteiger partial charge in [0.05, 0.1) is 19.3 Å². The Labute approximate surface area is 189 Å². The highest BCUT2D eigenvalue weighted by Crippen LogP contribution is 2.30. The van der Waals surface area contributed by atoms with E-state index < -0.39 is 0 Å². The lowest BCUT2D eigenvalue weighted by Gasteiger charge is -2.40. The Balaban J connectivity index is 1.62. The maximum atomic E-state index is 13.9. The molecule has 1 amide bonds. The smallest absolute Gasteiger partial charge is 0.254 e. The van der Waals surface area contributed by atoms with Crippen LogP contribution >= 0.6 is 0 Å². The van der Waals surface area contributed by atoms with Gasteiger partial charge in [0.15, 0.2) is 11.6 Å². The van der Waals surface area contributed by atoms with Crippen molar-refractivity contribution in [2.45, 2.75) is 32.7 Å². The number of ether oxygens (including phenoxy) is 1. The van der Waals surface area contributed by atoms with Gasteiger partial charge in [-0.3, -0.25) is 9.48 Å². The number of benzene rings is 1. The van der Waals surface area contributed by atoms with Gasteiger partial charge < -0.3 is 15.0 Å². The van der Waals surface area contributed by atoms with E-state index in [-0.39, 0.29) is 11.9 Å². The van der Waals surface area contributed by atoms with E-state index in [1.54, 1.807) is 18.0 Å². The van der Waals surface area contributed by atoms with Crippen molar-refractivity contribution in [3.05, 3.63) is 60.0 Å². The zero-order valence-electron chi connectivity index (χ0n) is 19.2. The molecule has 0 spiro atoms. The van der Waals surface area contributed by atoms with E-state index in [1.165, 1.54) is 0 Å². The molecule has 1 N–H and O–H groups in total. The van der Waals surface area contributed by atoms with Gasteiger partial charge in [-0.25, -0.2) is 4.98 Å². The van der Waals surface area contributed by atoms with Crippen LogP contribution in [0.25, 0.3) is 11.1 Å². The van der Waals surface area contributed by atoms with Gasteiger partial charge in [0.2, 0.25) is 0 Å². The molecule has 2 atom stereocenters. The number of anilines is 1. The van der Waals surface area contributed by atoms with Crippen LogP contribution in [0.2, 0.25) is 0 Å². The van der Waals surface area contributed by atoms with Crippen LogP contribution in [0.5, 0.6) is 5.75 Å². The van der Waals surface area contributed by atoms with E-state index in [1.807, 2.05) is 61.6 Å². The van der Waals surface area contributed by atoms with Gasteiger partial charge in [-0.05, 0) is 49.4 Å². The zero-order valence-corrected chi connectivity index (χ0v) is 19.2. The summed E-state index contributed by atoms with van der Waals surface area (Å²) in [5.41, 5.74) is 3.67. The van der Waals surface area contributed by atoms with Gasteiger partial charge in [-0.2, -0.15) is 5.10 Å². The first-order chi connectivity index (χ1) is 15.5. The van der Waals surface area contributed by atoms with Gasteiger partial charge in [-0.15, -0.1) is 0 Å². The minimum absolute atomic E-state index is 0.0604. The molecular weight excluding hydrogens is 402 g/mol. The summed E-state index contributed by atoms with van der Waals surface area (Å²) in [4.78, 5) is 20.3. The maximum absolute atomic E-state index is 13.9. The van der Waals surface area contributed by atoms with Crippen molar-refractivity contribution in [2.24, 2.45) is 13.0 Å². The number of aryl methyl sites for hydroxylation is 2. The van der Waals surface area contributed by atoms with Crippen molar-refractivity contribution in [3.63, 3.8) is 0 Å². The summed E-state index contributed by atoms with van der Waals surface area (Å²) in [6, 6.07) is 9.86. The maximum Gasteiger partial charge on any atom is 0.254 e. The van der Waals surface area contributed by atoms with E-state index in [0.717, 1.165) is 41.6 Å². The summed E-state index contributed by atoms with van der Waals surface area (Å²) in [5, 5.41) is 7.72. The van der Waals surface area contributed by atoms with Gasteiger partial charge in [0.1, 0.15) is 0 Å². The number of nitrogens with one attached hydrogen (secondary N) is 1. The Morgan fingerprint density at radius 1 is 1.31 bits per heavy atom. The number of likely N-dealkylation sites (tertiary alicyclic amines) is 1. The summed E-state index contributed by atoms with van der Waals surface area (Å²) in [7, 11) is 3.53. The molecule has 0 aliphatic carbocycles. The Bertz CT molecular complexity index is 1090. The number of carbonyl (C=O) groups excluding carboxylic acids is 1. The third kappa shape index (κ3) is 4.47. The van der Waals surface area contributed by atoms with Crippen molar-refractivity contribution in [1.82, 2.24) is 19.7 Å². The quantitative estimate of drug-likeness (QED) is 0.632. The Kier molecular flexibility index (Phi) is 6.44. The zero-order chi connectivity index (χ0) is 22.7. The van der Waals surface area contributed by atoms with Gasteiger partial charge in [0.25, 0.3) is 5.91 Å². The monoisotopic (exact) mass is 433 g/mol. The molecule has 1 aromatic carbocycles. The molecule has 1 saturated heterocycles. The number of nitrogens with zero attached hydrogens (tertiary/aromatic N) is 4. The van der Waals surface area contributed by atoms with E-state index in [2.05, 4.69) is 22.3 Å². The lowest BCUT2D eigenvalue weighted by molar-refractivity contribution is 0.0540. The van der Waals surface area contributed by atoms with Crippen LogP contribution in [0.4, 0.5) is 5.82 Å². The number of pyridine rings is 1. The summed E-state index contributed by atoms with van der Waals surface area (Å²) in [6.07, 6.45) is 7.60. The van der Waals surface area contributed by atoms with Gasteiger partial charge in [0, 0.05) is 43.7 Å². The highest BCUT2D eigenvalue weighted by molar-refractivity contribution is 6.01. The number of carbonyl (C=O) groups is 1. The van der Waals surface area contributed by atoms with E-state index in [0.29, 0.717) is 24.0 Å².